The number of aromatic nitrogens is 2. The van der Waals surface area contributed by atoms with E-state index in [1.54, 1.807) is 6.07 Å². The molecule has 36 heavy (non-hydrogen) atoms. The summed E-state index contributed by atoms with van der Waals surface area (Å²) in [5.74, 6) is -5.94. The van der Waals surface area contributed by atoms with E-state index in [0.29, 0.717) is 22.4 Å². The Morgan fingerprint density at radius 1 is 0.889 bits per heavy atom. The van der Waals surface area contributed by atoms with Gasteiger partial charge in [-0.25, -0.2) is 23.1 Å². The van der Waals surface area contributed by atoms with Crippen LogP contribution in [0.3, 0.4) is 0 Å². The van der Waals surface area contributed by atoms with Crippen molar-refractivity contribution in [2.24, 2.45) is 0 Å². The van der Waals surface area contributed by atoms with Gasteiger partial charge < -0.3 is 19.5 Å². The molecule has 0 atom stereocenters. The van der Waals surface area contributed by atoms with E-state index in [1.165, 1.54) is 26.6 Å². The van der Waals surface area contributed by atoms with Crippen LogP contribution < -0.4 is 19.5 Å². The lowest BCUT2D eigenvalue weighted by atomic mass is 10.1. The number of Topliss-reactive ketones (excluding diaryl/α,β-unsaturated/α-hetero) is 1. The van der Waals surface area contributed by atoms with Crippen molar-refractivity contribution in [3.63, 3.8) is 0 Å². The number of nitrogens with one attached hydrogen (secondary N) is 1. The Bertz CT molecular complexity index is 1490. The maximum Gasteiger partial charge on any atom is 0.296 e. The molecule has 1 heterocycles. The SMILES string of the molecule is COc1cc2ncnc(Oc3cc(F)c(C(=O)C(=O)Nc4ccc(F)c(Cl)c4)c(F)c3)c2cc1OC. The van der Waals surface area contributed by atoms with Crippen molar-refractivity contribution < 1.29 is 37.0 Å². The predicted octanol–water partition coefficient (Wildman–Crippen LogP) is 5.33. The van der Waals surface area contributed by atoms with Crippen LogP contribution in [-0.4, -0.2) is 35.9 Å². The Morgan fingerprint density at radius 3 is 2.19 bits per heavy atom. The van der Waals surface area contributed by atoms with E-state index in [0.717, 1.165) is 30.3 Å². The van der Waals surface area contributed by atoms with E-state index in [4.69, 9.17) is 25.8 Å². The average Bonchev–Trinajstić information content (AvgIpc) is 2.85. The van der Waals surface area contributed by atoms with Gasteiger partial charge >= 0.3 is 0 Å². The Hall–Kier alpha value is -4.38. The molecular weight excluding hydrogens is 503 g/mol. The average molecular weight is 518 g/mol. The zero-order valence-electron chi connectivity index (χ0n) is 18.6. The first kappa shape index (κ1) is 24.7. The molecule has 0 spiro atoms. The highest BCUT2D eigenvalue weighted by atomic mass is 35.5. The number of carbonyl (C=O) groups excluding carboxylic acids is 2. The third kappa shape index (κ3) is 4.86. The Morgan fingerprint density at radius 2 is 1.56 bits per heavy atom. The molecule has 0 aliphatic rings. The first-order valence-corrected chi connectivity index (χ1v) is 10.4. The fraction of sp³-hybridized carbons (Fsp3) is 0.0833. The number of halogens is 4. The quantitative estimate of drug-likeness (QED) is 0.261. The number of anilines is 1. The number of rotatable bonds is 7. The van der Waals surface area contributed by atoms with Crippen molar-refractivity contribution in [3.8, 4) is 23.1 Å². The highest BCUT2D eigenvalue weighted by Crippen LogP contribution is 2.36. The summed E-state index contributed by atoms with van der Waals surface area (Å²) in [5, 5.41) is 2.16. The lowest BCUT2D eigenvalue weighted by molar-refractivity contribution is -0.112. The smallest absolute Gasteiger partial charge is 0.296 e. The van der Waals surface area contributed by atoms with Crippen LogP contribution in [0.25, 0.3) is 10.9 Å². The normalized spacial score (nSPS) is 10.7. The molecule has 4 rings (SSSR count). The standard InChI is InChI=1S/C24H15ClF3N3O5/c1-34-19-8-13-18(9-20(19)35-2)29-10-30-24(13)36-12-6-16(27)21(17(28)7-12)22(32)23(33)31-11-3-4-15(26)14(25)5-11/h3-10H,1-2H3,(H,31,33). The highest BCUT2D eigenvalue weighted by molar-refractivity contribution is 6.46. The van der Waals surface area contributed by atoms with Crippen LogP contribution in [0.2, 0.25) is 5.02 Å². The van der Waals surface area contributed by atoms with E-state index in [9.17, 15) is 22.8 Å². The minimum absolute atomic E-state index is 0.0387. The third-order valence-electron chi connectivity index (χ3n) is 4.95. The van der Waals surface area contributed by atoms with Crippen LogP contribution in [0.1, 0.15) is 10.4 Å². The van der Waals surface area contributed by atoms with Crippen LogP contribution >= 0.6 is 11.6 Å². The van der Waals surface area contributed by atoms with Gasteiger partial charge in [-0.15, -0.1) is 0 Å². The molecule has 12 heteroatoms. The third-order valence-corrected chi connectivity index (χ3v) is 5.23. The molecule has 3 aromatic carbocycles. The molecule has 4 aromatic rings. The minimum Gasteiger partial charge on any atom is -0.493 e. The summed E-state index contributed by atoms with van der Waals surface area (Å²) in [6.45, 7) is 0. The number of ether oxygens (including phenoxy) is 3. The number of amides is 1. The Balaban J connectivity index is 1.61. The fourth-order valence-corrected chi connectivity index (χ4v) is 3.43. The topological polar surface area (TPSA) is 99.6 Å². The van der Waals surface area contributed by atoms with Crippen molar-refractivity contribution in [1.82, 2.24) is 9.97 Å². The summed E-state index contributed by atoms with van der Waals surface area (Å²) in [4.78, 5) is 32.8. The van der Waals surface area contributed by atoms with E-state index in [2.05, 4.69) is 15.3 Å². The van der Waals surface area contributed by atoms with Crippen molar-refractivity contribution in [3.05, 3.63) is 76.8 Å². The van der Waals surface area contributed by atoms with Crippen LogP contribution in [0.5, 0.6) is 23.1 Å². The van der Waals surface area contributed by atoms with Gasteiger partial charge in [0.1, 0.15) is 29.5 Å². The first-order chi connectivity index (χ1) is 17.2. The van der Waals surface area contributed by atoms with Crippen molar-refractivity contribution in [2.45, 2.75) is 0 Å². The second kappa shape index (κ2) is 10.1. The largest absolute Gasteiger partial charge is 0.493 e. The Kier molecular flexibility index (Phi) is 6.93. The second-order valence-corrected chi connectivity index (χ2v) is 7.59. The Labute approximate surface area is 206 Å². The number of nitrogens with zero attached hydrogens (tertiary/aromatic N) is 2. The highest BCUT2D eigenvalue weighted by Gasteiger charge is 2.26. The molecule has 0 saturated heterocycles. The lowest BCUT2D eigenvalue weighted by Crippen LogP contribution is -2.25. The first-order valence-electron chi connectivity index (χ1n) is 10.1. The maximum absolute atomic E-state index is 14.8. The van der Waals surface area contributed by atoms with Gasteiger partial charge in [-0.3, -0.25) is 9.59 Å². The van der Waals surface area contributed by atoms with E-state index in [-0.39, 0.29) is 22.3 Å². The van der Waals surface area contributed by atoms with Crippen molar-refractivity contribution >= 4 is 39.9 Å². The van der Waals surface area contributed by atoms with E-state index >= 15 is 0 Å². The molecule has 8 nitrogen and oxygen atoms in total. The lowest BCUT2D eigenvalue weighted by Gasteiger charge is -2.12. The van der Waals surface area contributed by atoms with Gasteiger partial charge in [0.05, 0.1) is 35.7 Å². The molecule has 0 unspecified atom stereocenters. The molecule has 184 valence electrons. The molecule has 0 saturated carbocycles. The number of hydrogen-bond donors (Lipinski definition) is 1. The van der Waals surface area contributed by atoms with Gasteiger partial charge in [-0.05, 0) is 24.3 Å². The summed E-state index contributed by atoms with van der Waals surface area (Å²) in [6.07, 6.45) is 1.18. The van der Waals surface area contributed by atoms with Gasteiger partial charge in [-0.1, -0.05) is 11.6 Å². The summed E-state index contributed by atoms with van der Waals surface area (Å²) >= 11 is 5.63. The number of fused-ring (bicyclic) bond motifs is 1. The molecule has 0 aliphatic heterocycles. The molecule has 1 aromatic heterocycles. The van der Waals surface area contributed by atoms with Gasteiger partial charge in [0.2, 0.25) is 5.88 Å². The van der Waals surface area contributed by atoms with Crippen LogP contribution in [0, 0.1) is 17.5 Å². The molecule has 1 N–H and O–H groups in total. The fourth-order valence-electron chi connectivity index (χ4n) is 3.25. The zero-order valence-corrected chi connectivity index (χ0v) is 19.3. The van der Waals surface area contributed by atoms with E-state index in [1.807, 2.05) is 0 Å². The monoisotopic (exact) mass is 517 g/mol. The van der Waals surface area contributed by atoms with Crippen molar-refractivity contribution in [1.29, 1.82) is 0 Å². The molecule has 0 radical (unpaired) electrons. The molecule has 1 amide bonds. The molecule has 0 bridgehead atoms. The van der Waals surface area contributed by atoms with Crippen molar-refractivity contribution in [2.75, 3.05) is 19.5 Å². The van der Waals surface area contributed by atoms with Gasteiger partial charge in [0.15, 0.2) is 11.5 Å². The number of methoxy groups -OCH3 is 2. The summed E-state index contributed by atoms with van der Waals surface area (Å²) in [7, 11) is 2.88. The van der Waals surface area contributed by atoms with Crippen LogP contribution in [0.4, 0.5) is 18.9 Å². The zero-order chi connectivity index (χ0) is 26.0. The number of ketones is 1. The summed E-state index contributed by atoms with van der Waals surface area (Å²) in [5.41, 5.74) is -0.738. The van der Waals surface area contributed by atoms with Gasteiger partial charge in [0.25, 0.3) is 11.7 Å². The number of benzene rings is 3. The number of carbonyl (C=O) groups is 2. The van der Waals surface area contributed by atoms with Gasteiger partial charge in [0, 0.05) is 23.9 Å². The van der Waals surface area contributed by atoms with Crippen LogP contribution in [0.15, 0.2) is 48.8 Å². The predicted molar refractivity (Wildman–Crippen MR) is 123 cm³/mol. The molecule has 0 aliphatic carbocycles. The summed E-state index contributed by atoms with van der Waals surface area (Å²) < 4.78 is 58.8. The second-order valence-electron chi connectivity index (χ2n) is 7.18. The summed E-state index contributed by atoms with van der Waals surface area (Å²) in [6, 6.07) is 7.69. The molecule has 0 fully saturated rings. The van der Waals surface area contributed by atoms with Gasteiger partial charge in [-0.2, -0.15) is 0 Å². The number of hydrogen-bond acceptors (Lipinski definition) is 7. The maximum atomic E-state index is 14.8. The minimum atomic E-state index is -1.50. The van der Waals surface area contributed by atoms with Crippen LogP contribution in [-0.2, 0) is 4.79 Å². The molecular formula is C24H15ClF3N3O5. The van der Waals surface area contributed by atoms with E-state index < -0.39 is 34.7 Å².